The van der Waals surface area contributed by atoms with Crippen LogP contribution in [0.15, 0.2) is 29.9 Å². The number of carbonyl (C=O) groups is 3. The zero-order valence-corrected chi connectivity index (χ0v) is 15.4. The van der Waals surface area contributed by atoms with Crippen molar-refractivity contribution in [2.75, 3.05) is 24.5 Å². The number of hydrogen-bond acceptors (Lipinski definition) is 6. The van der Waals surface area contributed by atoms with Gasteiger partial charge in [0.05, 0.1) is 17.3 Å². The maximum Gasteiger partial charge on any atom is 0.490 e. The standard InChI is InChI=1S/C17H13F4N3O4S/c18-12-2-1-10(8-28-16(27)17(19,20)21)5-11(12)15(26)23-3-4-24(13(25)7-23)14-6-22-9-29-14/h1-2,5-6,9H,3-4,7-8H2. The molecule has 0 aliphatic carbocycles. The molecule has 0 atom stereocenters. The van der Waals surface area contributed by atoms with Crippen molar-refractivity contribution in [2.45, 2.75) is 12.8 Å². The van der Waals surface area contributed by atoms with E-state index >= 15 is 0 Å². The van der Waals surface area contributed by atoms with Crippen molar-refractivity contribution in [3.05, 3.63) is 46.9 Å². The highest BCUT2D eigenvalue weighted by Crippen LogP contribution is 2.23. The number of ether oxygens (including phenoxy) is 1. The Labute approximate surface area is 165 Å². The van der Waals surface area contributed by atoms with E-state index in [0.717, 1.165) is 23.1 Å². The van der Waals surface area contributed by atoms with E-state index in [1.807, 2.05) is 0 Å². The van der Waals surface area contributed by atoms with Gasteiger partial charge >= 0.3 is 12.1 Å². The lowest BCUT2D eigenvalue weighted by Gasteiger charge is -2.33. The van der Waals surface area contributed by atoms with E-state index < -0.39 is 36.0 Å². The molecule has 1 aliphatic rings. The minimum absolute atomic E-state index is 0.00183. The van der Waals surface area contributed by atoms with Crippen LogP contribution in [0.25, 0.3) is 0 Å². The average molecular weight is 431 g/mol. The van der Waals surface area contributed by atoms with Crippen LogP contribution in [0.5, 0.6) is 0 Å². The number of halogens is 4. The first-order chi connectivity index (χ1) is 13.7. The fraction of sp³-hybridized carbons (Fsp3) is 0.294. The summed E-state index contributed by atoms with van der Waals surface area (Å²) in [6, 6.07) is 2.99. The topological polar surface area (TPSA) is 79.8 Å². The third kappa shape index (κ3) is 4.70. The quantitative estimate of drug-likeness (QED) is 0.549. The van der Waals surface area contributed by atoms with Gasteiger partial charge in [-0.1, -0.05) is 6.07 Å². The molecule has 0 unspecified atom stereocenters. The lowest BCUT2D eigenvalue weighted by molar-refractivity contribution is -0.201. The first kappa shape index (κ1) is 20.7. The minimum Gasteiger partial charge on any atom is -0.454 e. The van der Waals surface area contributed by atoms with Crippen molar-refractivity contribution in [3.63, 3.8) is 0 Å². The highest BCUT2D eigenvalue weighted by molar-refractivity contribution is 7.14. The summed E-state index contributed by atoms with van der Waals surface area (Å²) in [6.07, 6.45) is -3.64. The largest absolute Gasteiger partial charge is 0.490 e. The first-order valence-electron chi connectivity index (χ1n) is 8.17. The molecule has 12 heteroatoms. The molecule has 1 aliphatic heterocycles. The normalized spacial score (nSPS) is 14.8. The zero-order chi connectivity index (χ0) is 21.2. The molecule has 0 bridgehead atoms. The molecular weight excluding hydrogens is 418 g/mol. The maximum atomic E-state index is 14.1. The van der Waals surface area contributed by atoms with E-state index in [0.29, 0.717) is 5.00 Å². The van der Waals surface area contributed by atoms with Crippen LogP contribution in [0, 0.1) is 5.82 Å². The third-order valence-corrected chi connectivity index (χ3v) is 4.85. The van der Waals surface area contributed by atoms with Crippen LogP contribution < -0.4 is 4.90 Å². The second kappa shape index (κ2) is 8.15. The van der Waals surface area contributed by atoms with Gasteiger partial charge in [0.15, 0.2) is 0 Å². The molecule has 0 N–H and O–H groups in total. The SMILES string of the molecule is O=C(c1cc(COC(=O)C(F)(F)F)ccc1F)N1CCN(c2cncs2)C(=O)C1. The Morgan fingerprint density at radius 2 is 2.00 bits per heavy atom. The molecule has 1 fully saturated rings. The van der Waals surface area contributed by atoms with Gasteiger partial charge in [-0.2, -0.15) is 13.2 Å². The predicted molar refractivity (Wildman–Crippen MR) is 92.6 cm³/mol. The molecule has 2 amide bonds. The molecule has 0 saturated carbocycles. The Balaban J connectivity index is 1.69. The van der Waals surface area contributed by atoms with Gasteiger partial charge in [-0.15, -0.1) is 11.3 Å². The average Bonchev–Trinajstić information content (AvgIpc) is 3.20. The van der Waals surface area contributed by atoms with Gasteiger partial charge in [-0.3, -0.25) is 19.5 Å². The van der Waals surface area contributed by atoms with Gasteiger partial charge in [-0.05, 0) is 17.7 Å². The molecule has 1 saturated heterocycles. The van der Waals surface area contributed by atoms with Crippen LogP contribution in [0.3, 0.4) is 0 Å². The maximum absolute atomic E-state index is 14.1. The van der Waals surface area contributed by atoms with E-state index in [2.05, 4.69) is 9.72 Å². The van der Waals surface area contributed by atoms with Gasteiger partial charge in [0.2, 0.25) is 5.91 Å². The fourth-order valence-electron chi connectivity index (χ4n) is 2.65. The second-order valence-corrected chi connectivity index (χ2v) is 6.86. The first-order valence-corrected chi connectivity index (χ1v) is 9.05. The Morgan fingerprint density at radius 3 is 2.62 bits per heavy atom. The summed E-state index contributed by atoms with van der Waals surface area (Å²) in [6.45, 7) is -0.743. The van der Waals surface area contributed by atoms with Crippen molar-refractivity contribution in [3.8, 4) is 0 Å². The third-order valence-electron chi connectivity index (χ3n) is 4.06. The summed E-state index contributed by atoms with van der Waals surface area (Å²) in [7, 11) is 0. The van der Waals surface area contributed by atoms with Crippen molar-refractivity contribution in [2.24, 2.45) is 0 Å². The van der Waals surface area contributed by atoms with Gasteiger partial charge < -0.3 is 9.64 Å². The fourth-order valence-corrected chi connectivity index (χ4v) is 3.32. The van der Waals surface area contributed by atoms with Crippen LogP contribution >= 0.6 is 11.3 Å². The van der Waals surface area contributed by atoms with Crippen molar-refractivity contribution < 1.29 is 36.7 Å². The molecule has 7 nitrogen and oxygen atoms in total. The van der Waals surface area contributed by atoms with E-state index in [1.165, 1.54) is 22.4 Å². The smallest absolute Gasteiger partial charge is 0.454 e. The summed E-state index contributed by atoms with van der Waals surface area (Å²) in [5.74, 6) is -4.45. The van der Waals surface area contributed by atoms with Crippen LogP contribution in [-0.2, 0) is 20.9 Å². The lowest BCUT2D eigenvalue weighted by atomic mass is 10.1. The van der Waals surface area contributed by atoms with Crippen molar-refractivity contribution >= 4 is 34.1 Å². The van der Waals surface area contributed by atoms with E-state index in [4.69, 9.17) is 0 Å². The van der Waals surface area contributed by atoms with E-state index in [-0.39, 0.29) is 31.1 Å². The van der Waals surface area contributed by atoms with Crippen LogP contribution in [0.4, 0.5) is 22.6 Å². The van der Waals surface area contributed by atoms with Crippen molar-refractivity contribution in [1.29, 1.82) is 0 Å². The van der Waals surface area contributed by atoms with Crippen LogP contribution in [-0.4, -0.2) is 53.5 Å². The van der Waals surface area contributed by atoms with E-state index in [9.17, 15) is 31.9 Å². The second-order valence-electron chi connectivity index (χ2n) is 6.00. The Hall–Kier alpha value is -3.02. The molecule has 154 valence electrons. The molecule has 2 aromatic rings. The Kier molecular flexibility index (Phi) is 5.82. The molecule has 0 spiro atoms. The Bertz CT molecular complexity index is 933. The van der Waals surface area contributed by atoms with Gasteiger partial charge in [-0.25, -0.2) is 9.18 Å². The zero-order valence-electron chi connectivity index (χ0n) is 14.6. The van der Waals surface area contributed by atoms with Gasteiger partial charge in [0, 0.05) is 13.1 Å². The molecular formula is C17H13F4N3O4S. The molecule has 3 rings (SSSR count). The number of piperazine rings is 1. The summed E-state index contributed by atoms with van der Waals surface area (Å²) >= 11 is 1.26. The van der Waals surface area contributed by atoms with Crippen LogP contribution in [0.2, 0.25) is 0 Å². The number of esters is 1. The number of hydrogen-bond donors (Lipinski definition) is 0. The number of amides is 2. The minimum atomic E-state index is -5.16. The number of carbonyl (C=O) groups excluding carboxylic acids is 3. The highest BCUT2D eigenvalue weighted by Gasteiger charge is 2.41. The Morgan fingerprint density at radius 1 is 1.24 bits per heavy atom. The number of nitrogens with zero attached hydrogens (tertiary/aromatic N) is 3. The molecule has 29 heavy (non-hydrogen) atoms. The monoisotopic (exact) mass is 431 g/mol. The van der Waals surface area contributed by atoms with Crippen molar-refractivity contribution in [1.82, 2.24) is 9.88 Å². The number of alkyl halides is 3. The lowest BCUT2D eigenvalue weighted by Crippen LogP contribution is -2.52. The number of anilines is 1. The highest BCUT2D eigenvalue weighted by atomic mass is 32.1. The summed E-state index contributed by atoms with van der Waals surface area (Å²) in [5.41, 5.74) is 1.14. The van der Waals surface area contributed by atoms with E-state index in [1.54, 1.807) is 5.51 Å². The molecule has 1 aromatic heterocycles. The molecule has 0 radical (unpaired) electrons. The van der Waals surface area contributed by atoms with Gasteiger partial charge in [0.25, 0.3) is 5.91 Å². The number of rotatable bonds is 4. The predicted octanol–water partition coefficient (Wildman–Crippen LogP) is 2.38. The van der Waals surface area contributed by atoms with Crippen LogP contribution in [0.1, 0.15) is 15.9 Å². The number of aromatic nitrogens is 1. The number of benzene rings is 1. The molecule has 2 heterocycles. The summed E-state index contributed by atoms with van der Waals surface area (Å²) in [5, 5.41) is 0.627. The summed E-state index contributed by atoms with van der Waals surface area (Å²) in [4.78, 5) is 42.2. The van der Waals surface area contributed by atoms with Gasteiger partial charge in [0.1, 0.15) is 24.0 Å². The summed E-state index contributed by atoms with van der Waals surface area (Å²) < 4.78 is 54.8. The number of thiazole rings is 1. The molecule has 1 aromatic carbocycles.